The summed E-state index contributed by atoms with van der Waals surface area (Å²) in [5.74, 6) is -1.71. The summed E-state index contributed by atoms with van der Waals surface area (Å²) in [5, 5.41) is 1.88. The van der Waals surface area contributed by atoms with E-state index in [1.165, 1.54) is 23.5 Å². The Labute approximate surface area is 93.8 Å². The molecule has 2 heterocycles. The highest BCUT2D eigenvalue weighted by Gasteiger charge is 2.12. The topological polar surface area (TPSA) is 17.3 Å². The fourth-order valence-electron chi connectivity index (χ4n) is 1.56. The lowest BCUT2D eigenvalue weighted by Crippen LogP contribution is -1.88. The van der Waals surface area contributed by atoms with Gasteiger partial charge < -0.3 is 0 Å². The first-order valence-corrected chi connectivity index (χ1v) is 5.50. The maximum Gasteiger partial charge on any atom is 0.194 e. The SMILES string of the molecule is Fc1cccc(-c2cn3ccsc3n2)c1F. The monoisotopic (exact) mass is 236 g/mol. The molecular weight excluding hydrogens is 230 g/mol. The van der Waals surface area contributed by atoms with E-state index < -0.39 is 11.6 Å². The van der Waals surface area contributed by atoms with Gasteiger partial charge in [-0.1, -0.05) is 6.07 Å². The quantitative estimate of drug-likeness (QED) is 0.633. The molecular formula is C11H6F2N2S. The van der Waals surface area contributed by atoms with E-state index in [9.17, 15) is 8.78 Å². The molecule has 5 heteroatoms. The molecule has 0 spiro atoms. The van der Waals surface area contributed by atoms with Crippen molar-refractivity contribution in [3.05, 3.63) is 47.6 Å². The van der Waals surface area contributed by atoms with E-state index in [1.807, 2.05) is 11.6 Å². The number of fused-ring (bicyclic) bond motifs is 1. The van der Waals surface area contributed by atoms with Crippen LogP contribution in [0.2, 0.25) is 0 Å². The summed E-state index contributed by atoms with van der Waals surface area (Å²) in [6.45, 7) is 0. The molecule has 0 fully saturated rings. The van der Waals surface area contributed by atoms with Crippen LogP contribution in [0.3, 0.4) is 0 Å². The molecule has 80 valence electrons. The third-order valence-electron chi connectivity index (χ3n) is 2.32. The summed E-state index contributed by atoms with van der Waals surface area (Å²) < 4.78 is 28.3. The highest BCUT2D eigenvalue weighted by molar-refractivity contribution is 7.15. The van der Waals surface area contributed by atoms with Gasteiger partial charge in [0, 0.05) is 23.3 Å². The summed E-state index contributed by atoms with van der Waals surface area (Å²) in [7, 11) is 0. The molecule has 0 N–H and O–H groups in total. The third-order valence-corrected chi connectivity index (χ3v) is 3.09. The number of nitrogens with zero attached hydrogens (tertiary/aromatic N) is 2. The van der Waals surface area contributed by atoms with Crippen LogP contribution in [-0.2, 0) is 0 Å². The Morgan fingerprint density at radius 1 is 1.25 bits per heavy atom. The average Bonchev–Trinajstić information content (AvgIpc) is 2.81. The van der Waals surface area contributed by atoms with E-state index in [1.54, 1.807) is 10.6 Å². The summed E-state index contributed by atoms with van der Waals surface area (Å²) in [4.78, 5) is 4.98. The number of imidazole rings is 1. The largest absolute Gasteiger partial charge is 0.297 e. The van der Waals surface area contributed by atoms with Gasteiger partial charge in [-0.15, -0.1) is 11.3 Å². The highest BCUT2D eigenvalue weighted by Crippen LogP contribution is 2.25. The second-order valence-corrected chi connectivity index (χ2v) is 4.19. The molecule has 3 aromatic rings. The molecule has 0 unspecified atom stereocenters. The first-order chi connectivity index (χ1) is 7.75. The van der Waals surface area contributed by atoms with Crippen LogP contribution in [0.1, 0.15) is 0 Å². The van der Waals surface area contributed by atoms with Crippen LogP contribution >= 0.6 is 11.3 Å². The maximum absolute atomic E-state index is 13.5. The predicted octanol–water partition coefficient (Wildman–Crippen LogP) is 3.34. The average molecular weight is 236 g/mol. The number of thiazole rings is 1. The molecule has 3 rings (SSSR count). The van der Waals surface area contributed by atoms with Crippen molar-refractivity contribution >= 4 is 16.3 Å². The zero-order valence-corrected chi connectivity index (χ0v) is 8.84. The predicted molar refractivity (Wildman–Crippen MR) is 58.4 cm³/mol. The van der Waals surface area contributed by atoms with Gasteiger partial charge in [0.1, 0.15) is 0 Å². The zero-order valence-electron chi connectivity index (χ0n) is 8.02. The minimum Gasteiger partial charge on any atom is -0.297 e. The second-order valence-electron chi connectivity index (χ2n) is 3.32. The Morgan fingerprint density at radius 2 is 2.12 bits per heavy atom. The summed E-state index contributed by atoms with van der Waals surface area (Å²) in [5.41, 5.74) is 0.639. The lowest BCUT2D eigenvalue weighted by molar-refractivity contribution is 0.511. The summed E-state index contributed by atoms with van der Waals surface area (Å²) in [6, 6.07) is 4.09. The van der Waals surface area contributed by atoms with Crippen molar-refractivity contribution in [1.82, 2.24) is 9.38 Å². The van der Waals surface area contributed by atoms with E-state index in [2.05, 4.69) is 4.98 Å². The van der Waals surface area contributed by atoms with Gasteiger partial charge in [-0.2, -0.15) is 0 Å². The lowest BCUT2D eigenvalue weighted by atomic mass is 10.1. The van der Waals surface area contributed by atoms with E-state index in [-0.39, 0.29) is 5.56 Å². The van der Waals surface area contributed by atoms with Crippen molar-refractivity contribution in [3.8, 4) is 11.3 Å². The minimum absolute atomic E-state index is 0.191. The molecule has 0 radical (unpaired) electrons. The Bertz CT molecular complexity index is 628. The van der Waals surface area contributed by atoms with Crippen LogP contribution in [0.4, 0.5) is 8.78 Å². The fraction of sp³-hybridized carbons (Fsp3) is 0. The molecule has 2 nitrogen and oxygen atoms in total. The van der Waals surface area contributed by atoms with Gasteiger partial charge in [-0.3, -0.25) is 4.40 Å². The Kier molecular flexibility index (Phi) is 2.00. The lowest BCUT2D eigenvalue weighted by Gasteiger charge is -1.98. The molecule has 0 aliphatic carbocycles. The molecule has 0 saturated heterocycles. The molecule has 2 aromatic heterocycles. The van der Waals surface area contributed by atoms with Crippen molar-refractivity contribution in [2.45, 2.75) is 0 Å². The normalized spacial score (nSPS) is 11.1. The molecule has 0 atom stereocenters. The van der Waals surface area contributed by atoms with Gasteiger partial charge in [0.25, 0.3) is 0 Å². The van der Waals surface area contributed by atoms with Gasteiger partial charge in [-0.05, 0) is 12.1 Å². The van der Waals surface area contributed by atoms with Crippen LogP contribution in [0, 0.1) is 11.6 Å². The van der Waals surface area contributed by atoms with Crippen LogP contribution in [0.5, 0.6) is 0 Å². The molecule has 16 heavy (non-hydrogen) atoms. The number of hydrogen-bond acceptors (Lipinski definition) is 2. The maximum atomic E-state index is 13.5. The van der Waals surface area contributed by atoms with Crippen LogP contribution in [0.25, 0.3) is 16.2 Å². The molecule has 0 saturated carbocycles. The van der Waals surface area contributed by atoms with Gasteiger partial charge in [0.05, 0.1) is 5.69 Å². The summed E-state index contributed by atoms with van der Waals surface area (Å²) in [6.07, 6.45) is 3.51. The molecule has 0 amide bonds. The smallest absolute Gasteiger partial charge is 0.194 e. The van der Waals surface area contributed by atoms with Gasteiger partial charge >= 0.3 is 0 Å². The van der Waals surface area contributed by atoms with E-state index in [0.717, 1.165) is 11.0 Å². The standard InChI is InChI=1S/C11H6F2N2S/c12-8-3-1-2-7(10(8)13)9-6-15-4-5-16-11(15)14-9/h1-6H. The number of hydrogen-bond donors (Lipinski definition) is 0. The molecule has 0 aliphatic rings. The minimum atomic E-state index is -0.853. The zero-order chi connectivity index (χ0) is 11.1. The fourth-order valence-corrected chi connectivity index (χ4v) is 2.26. The number of benzene rings is 1. The first kappa shape index (κ1) is 9.47. The van der Waals surface area contributed by atoms with Crippen molar-refractivity contribution in [2.24, 2.45) is 0 Å². The molecule has 0 bridgehead atoms. The third kappa shape index (κ3) is 1.32. The number of rotatable bonds is 1. The Hall–Kier alpha value is -1.75. The van der Waals surface area contributed by atoms with Crippen LogP contribution < -0.4 is 0 Å². The van der Waals surface area contributed by atoms with Crippen molar-refractivity contribution < 1.29 is 8.78 Å². The van der Waals surface area contributed by atoms with Gasteiger partial charge in [-0.25, -0.2) is 13.8 Å². The Balaban J connectivity index is 2.23. The van der Waals surface area contributed by atoms with Crippen molar-refractivity contribution in [2.75, 3.05) is 0 Å². The Morgan fingerprint density at radius 3 is 2.94 bits per heavy atom. The molecule has 1 aromatic carbocycles. The van der Waals surface area contributed by atoms with Crippen molar-refractivity contribution in [1.29, 1.82) is 0 Å². The number of halogens is 2. The van der Waals surface area contributed by atoms with Crippen LogP contribution in [-0.4, -0.2) is 9.38 Å². The number of aromatic nitrogens is 2. The van der Waals surface area contributed by atoms with Crippen LogP contribution in [0.15, 0.2) is 36.0 Å². The highest BCUT2D eigenvalue weighted by atomic mass is 32.1. The molecule has 0 aliphatic heterocycles. The van der Waals surface area contributed by atoms with Gasteiger partial charge in [0.15, 0.2) is 16.6 Å². The first-order valence-electron chi connectivity index (χ1n) is 4.62. The van der Waals surface area contributed by atoms with Crippen molar-refractivity contribution in [3.63, 3.8) is 0 Å². The summed E-state index contributed by atoms with van der Waals surface area (Å²) >= 11 is 1.45. The van der Waals surface area contributed by atoms with E-state index in [4.69, 9.17) is 0 Å². The van der Waals surface area contributed by atoms with Gasteiger partial charge in [0.2, 0.25) is 0 Å². The second kappa shape index (κ2) is 3.38. The van der Waals surface area contributed by atoms with E-state index >= 15 is 0 Å². The van der Waals surface area contributed by atoms with E-state index in [0.29, 0.717) is 5.69 Å².